The van der Waals surface area contributed by atoms with Crippen molar-refractivity contribution in [3.63, 3.8) is 0 Å². The molecule has 19 heavy (non-hydrogen) atoms. The molecule has 0 atom stereocenters. The summed E-state index contributed by atoms with van der Waals surface area (Å²) >= 11 is 1.54. The lowest BCUT2D eigenvalue weighted by Crippen LogP contribution is -2.01. The van der Waals surface area contributed by atoms with E-state index < -0.39 is 0 Å². The van der Waals surface area contributed by atoms with E-state index in [2.05, 4.69) is 4.98 Å². The molecule has 0 amide bonds. The van der Waals surface area contributed by atoms with E-state index >= 15 is 0 Å². The van der Waals surface area contributed by atoms with Crippen molar-refractivity contribution in [3.05, 3.63) is 40.3 Å². The number of nitrogens with zero attached hydrogens (tertiary/aromatic N) is 1. The minimum Gasteiger partial charge on any atom is -0.494 e. The molecule has 1 aromatic heterocycles. The van der Waals surface area contributed by atoms with Crippen LogP contribution in [0.1, 0.15) is 17.6 Å². The van der Waals surface area contributed by atoms with Crippen LogP contribution in [0, 0.1) is 0 Å². The molecule has 0 saturated heterocycles. The Balaban J connectivity index is 1.83. The van der Waals surface area contributed by atoms with Crippen LogP contribution < -0.4 is 9.47 Å². The predicted molar refractivity (Wildman–Crippen MR) is 74.8 cm³/mol. The van der Waals surface area contributed by atoms with E-state index in [1.165, 1.54) is 0 Å². The third kappa shape index (κ3) is 4.22. The van der Waals surface area contributed by atoms with Crippen LogP contribution in [0.2, 0.25) is 0 Å². The summed E-state index contributed by atoms with van der Waals surface area (Å²) in [6.45, 7) is 3.16. The molecule has 0 spiro atoms. The summed E-state index contributed by atoms with van der Waals surface area (Å²) < 4.78 is 11.1. The molecular weight excluding hydrogens is 262 g/mol. The van der Waals surface area contributed by atoms with E-state index in [-0.39, 0.29) is 6.61 Å². The second-order valence-corrected chi connectivity index (χ2v) is 4.84. The van der Waals surface area contributed by atoms with Crippen molar-refractivity contribution in [1.29, 1.82) is 0 Å². The molecule has 0 fully saturated rings. The Labute approximate surface area is 116 Å². The number of hydrogen-bond acceptors (Lipinski definition) is 5. The molecule has 1 N–H and O–H groups in total. The molecule has 0 unspecified atom stereocenters. The summed E-state index contributed by atoms with van der Waals surface area (Å²) in [6.07, 6.45) is 0.740. The molecule has 0 bridgehead atoms. The lowest BCUT2D eigenvalue weighted by molar-refractivity contribution is 0.277. The average molecular weight is 279 g/mol. The highest BCUT2D eigenvalue weighted by molar-refractivity contribution is 7.09. The molecule has 0 saturated carbocycles. The number of aliphatic hydroxyl groups excluding tert-OH is 1. The van der Waals surface area contributed by atoms with Gasteiger partial charge < -0.3 is 14.6 Å². The van der Waals surface area contributed by atoms with Crippen LogP contribution in [-0.4, -0.2) is 23.3 Å². The van der Waals surface area contributed by atoms with E-state index in [4.69, 9.17) is 14.6 Å². The van der Waals surface area contributed by atoms with Crippen LogP contribution in [-0.2, 0) is 13.0 Å². The zero-order valence-corrected chi connectivity index (χ0v) is 11.7. The molecule has 4 nitrogen and oxygen atoms in total. The molecule has 1 aromatic carbocycles. The fraction of sp³-hybridized carbons (Fsp3) is 0.357. The number of aliphatic hydroxyl groups is 1. The molecule has 0 aliphatic heterocycles. The summed E-state index contributed by atoms with van der Waals surface area (Å²) in [7, 11) is 0. The summed E-state index contributed by atoms with van der Waals surface area (Å²) in [5.41, 5.74) is 0.721. The van der Waals surface area contributed by atoms with E-state index in [1.54, 1.807) is 11.3 Å². The standard InChI is InChI=1S/C14H17NO3S/c1-2-17-12-4-3-5-13(8-12)18-7-6-14-15-11(9-16)10-19-14/h3-5,8,10,16H,2,6-7,9H2,1H3. The Morgan fingerprint density at radius 1 is 1.26 bits per heavy atom. The van der Waals surface area contributed by atoms with Crippen molar-refractivity contribution in [1.82, 2.24) is 4.98 Å². The fourth-order valence-electron chi connectivity index (χ4n) is 1.61. The maximum atomic E-state index is 8.93. The number of ether oxygens (including phenoxy) is 2. The largest absolute Gasteiger partial charge is 0.494 e. The van der Waals surface area contributed by atoms with Crippen molar-refractivity contribution < 1.29 is 14.6 Å². The number of hydrogen-bond donors (Lipinski definition) is 1. The van der Waals surface area contributed by atoms with Crippen LogP contribution in [0.3, 0.4) is 0 Å². The normalized spacial score (nSPS) is 10.4. The molecule has 1 heterocycles. The van der Waals surface area contributed by atoms with Crippen LogP contribution in [0.25, 0.3) is 0 Å². The molecule has 0 aliphatic rings. The molecule has 102 valence electrons. The first kappa shape index (κ1) is 13.8. The van der Waals surface area contributed by atoms with Crippen molar-refractivity contribution in [2.75, 3.05) is 13.2 Å². The van der Waals surface area contributed by atoms with Gasteiger partial charge in [0, 0.05) is 17.9 Å². The highest BCUT2D eigenvalue weighted by Crippen LogP contribution is 2.19. The minimum atomic E-state index is -0.00619. The molecule has 5 heteroatoms. The van der Waals surface area contributed by atoms with Crippen LogP contribution in [0.5, 0.6) is 11.5 Å². The predicted octanol–water partition coefficient (Wildman–Crippen LogP) is 2.66. The van der Waals surface area contributed by atoms with Crippen molar-refractivity contribution in [2.24, 2.45) is 0 Å². The summed E-state index contributed by atoms with van der Waals surface area (Å²) in [4.78, 5) is 4.27. The second-order valence-electron chi connectivity index (χ2n) is 3.90. The van der Waals surface area contributed by atoms with Gasteiger partial charge >= 0.3 is 0 Å². The van der Waals surface area contributed by atoms with Crippen molar-refractivity contribution in [2.45, 2.75) is 20.0 Å². The lowest BCUT2D eigenvalue weighted by Gasteiger charge is -2.07. The summed E-state index contributed by atoms with van der Waals surface area (Å²) in [6, 6.07) is 7.60. The minimum absolute atomic E-state index is 0.00619. The molecule has 2 aromatic rings. The first-order valence-electron chi connectivity index (χ1n) is 6.21. The van der Waals surface area contributed by atoms with E-state index in [0.29, 0.717) is 13.2 Å². The Morgan fingerprint density at radius 3 is 2.74 bits per heavy atom. The van der Waals surface area contributed by atoms with Crippen LogP contribution in [0.4, 0.5) is 0 Å². The number of thiazole rings is 1. The average Bonchev–Trinajstić information content (AvgIpc) is 2.88. The molecular formula is C14H17NO3S. The SMILES string of the molecule is CCOc1cccc(OCCc2nc(CO)cs2)c1. The fourth-order valence-corrected chi connectivity index (χ4v) is 2.38. The molecule has 0 radical (unpaired) electrons. The monoisotopic (exact) mass is 279 g/mol. The van der Waals surface area contributed by atoms with Gasteiger partial charge in [-0.25, -0.2) is 4.98 Å². The first-order chi connectivity index (χ1) is 9.31. The Hall–Kier alpha value is -1.59. The van der Waals surface area contributed by atoms with Gasteiger partial charge in [-0.05, 0) is 19.1 Å². The topological polar surface area (TPSA) is 51.6 Å². The zero-order chi connectivity index (χ0) is 13.5. The van der Waals surface area contributed by atoms with Crippen molar-refractivity contribution in [3.8, 4) is 11.5 Å². The van der Waals surface area contributed by atoms with E-state index in [0.717, 1.165) is 28.6 Å². The van der Waals surface area contributed by atoms with Crippen LogP contribution in [0.15, 0.2) is 29.6 Å². The van der Waals surface area contributed by atoms with Gasteiger partial charge in [-0.1, -0.05) is 6.07 Å². The first-order valence-corrected chi connectivity index (χ1v) is 7.09. The number of aromatic nitrogens is 1. The maximum absolute atomic E-state index is 8.93. The zero-order valence-electron chi connectivity index (χ0n) is 10.8. The third-order valence-corrected chi connectivity index (χ3v) is 3.42. The van der Waals surface area contributed by atoms with Crippen molar-refractivity contribution >= 4 is 11.3 Å². The maximum Gasteiger partial charge on any atom is 0.123 e. The smallest absolute Gasteiger partial charge is 0.123 e. The number of rotatable bonds is 7. The van der Waals surface area contributed by atoms with Gasteiger partial charge in [-0.3, -0.25) is 0 Å². The van der Waals surface area contributed by atoms with Gasteiger partial charge in [-0.2, -0.15) is 0 Å². The van der Waals surface area contributed by atoms with Gasteiger partial charge in [0.2, 0.25) is 0 Å². The van der Waals surface area contributed by atoms with Gasteiger partial charge in [0.05, 0.1) is 30.5 Å². The lowest BCUT2D eigenvalue weighted by atomic mass is 10.3. The van der Waals surface area contributed by atoms with E-state index in [9.17, 15) is 0 Å². The molecule has 0 aliphatic carbocycles. The second kappa shape index (κ2) is 7.11. The quantitative estimate of drug-likeness (QED) is 0.846. The Bertz CT molecular complexity index is 513. The highest BCUT2D eigenvalue weighted by Gasteiger charge is 2.02. The summed E-state index contributed by atoms with van der Waals surface area (Å²) in [5.74, 6) is 1.61. The Kier molecular flexibility index (Phi) is 5.18. The highest BCUT2D eigenvalue weighted by atomic mass is 32.1. The molecule has 2 rings (SSSR count). The Morgan fingerprint density at radius 2 is 2.05 bits per heavy atom. The number of benzene rings is 1. The summed E-state index contributed by atoms with van der Waals surface area (Å²) in [5, 5.41) is 11.8. The van der Waals surface area contributed by atoms with Crippen LogP contribution >= 0.6 is 11.3 Å². The van der Waals surface area contributed by atoms with Gasteiger partial charge in [-0.15, -0.1) is 11.3 Å². The van der Waals surface area contributed by atoms with Gasteiger partial charge in [0.15, 0.2) is 0 Å². The van der Waals surface area contributed by atoms with E-state index in [1.807, 2.05) is 36.6 Å². The van der Waals surface area contributed by atoms with Gasteiger partial charge in [0.25, 0.3) is 0 Å². The van der Waals surface area contributed by atoms with Gasteiger partial charge in [0.1, 0.15) is 11.5 Å². The third-order valence-electron chi connectivity index (χ3n) is 2.46.